The van der Waals surface area contributed by atoms with E-state index in [1.807, 2.05) is 0 Å². The van der Waals surface area contributed by atoms with Gasteiger partial charge in [0, 0.05) is 0 Å². The minimum Gasteiger partial charge on any atom is -0.370 e. The van der Waals surface area contributed by atoms with Gasteiger partial charge in [-0.2, -0.15) is 0 Å². The van der Waals surface area contributed by atoms with Gasteiger partial charge in [0.15, 0.2) is 0 Å². The summed E-state index contributed by atoms with van der Waals surface area (Å²) in [4.78, 5) is 0. The molecule has 2 unspecified atom stereocenters. The second-order valence-electron chi connectivity index (χ2n) is 6.39. The average molecular weight is 242 g/mol. The number of morpholine rings is 1. The largest absolute Gasteiger partial charge is 0.370 e. The van der Waals surface area contributed by atoms with Crippen LogP contribution < -0.4 is 0 Å². The highest BCUT2D eigenvalue weighted by Gasteiger charge is 2.25. The molecule has 0 aromatic carbocycles. The summed E-state index contributed by atoms with van der Waals surface area (Å²) in [7, 11) is 2.39. The summed E-state index contributed by atoms with van der Waals surface area (Å²) >= 11 is 0. The van der Waals surface area contributed by atoms with E-state index in [1.165, 1.54) is 49.8 Å². The van der Waals surface area contributed by atoms with Crippen molar-refractivity contribution in [1.29, 1.82) is 0 Å². The summed E-state index contributed by atoms with van der Waals surface area (Å²) in [6.07, 6.45) is 5.53. The lowest BCUT2D eigenvalue weighted by Gasteiger charge is -2.38. The molecule has 0 aromatic rings. The highest BCUT2D eigenvalue weighted by molar-refractivity contribution is 4.58. The van der Waals surface area contributed by atoms with Crippen molar-refractivity contribution in [3.05, 3.63) is 0 Å². The molecule has 0 saturated carbocycles. The second-order valence-corrected chi connectivity index (χ2v) is 6.39. The molecule has 0 aliphatic carbocycles. The molecule has 0 radical (unpaired) electrons. The summed E-state index contributed by atoms with van der Waals surface area (Å²) in [5, 5.41) is 0. The molecule has 1 rings (SSSR count). The first kappa shape index (κ1) is 15.0. The number of nitrogens with zero attached hydrogens (tertiary/aromatic N) is 1. The Balaban J connectivity index is 2.15. The minimum absolute atomic E-state index is 0.891. The van der Waals surface area contributed by atoms with Crippen LogP contribution in [0.25, 0.3) is 0 Å². The summed E-state index contributed by atoms with van der Waals surface area (Å²) in [6, 6.07) is 0. The third-order valence-electron chi connectivity index (χ3n) is 4.56. The van der Waals surface area contributed by atoms with Crippen LogP contribution in [0.2, 0.25) is 0 Å². The molecular formula is C15H32NO+. The predicted octanol–water partition coefficient (Wildman–Crippen LogP) is 3.32. The van der Waals surface area contributed by atoms with E-state index in [-0.39, 0.29) is 0 Å². The van der Waals surface area contributed by atoms with Gasteiger partial charge in [-0.15, -0.1) is 0 Å². The molecule has 2 nitrogen and oxygen atoms in total. The van der Waals surface area contributed by atoms with Gasteiger partial charge in [0.1, 0.15) is 13.1 Å². The molecule has 0 bridgehead atoms. The number of hydrogen-bond donors (Lipinski definition) is 0. The highest BCUT2D eigenvalue weighted by Crippen LogP contribution is 2.19. The molecule has 0 spiro atoms. The van der Waals surface area contributed by atoms with Gasteiger partial charge < -0.3 is 9.22 Å². The Bertz CT molecular complexity index is 199. The molecule has 1 heterocycles. The Hall–Kier alpha value is -0.0800. The molecule has 102 valence electrons. The normalized spacial score (nSPS) is 23.3. The third kappa shape index (κ3) is 5.87. The first-order valence-electron chi connectivity index (χ1n) is 7.47. The van der Waals surface area contributed by atoms with Crippen molar-refractivity contribution in [3.8, 4) is 0 Å². The molecule has 2 atom stereocenters. The van der Waals surface area contributed by atoms with Crippen molar-refractivity contribution in [3.63, 3.8) is 0 Å². The fourth-order valence-corrected chi connectivity index (χ4v) is 2.46. The summed E-state index contributed by atoms with van der Waals surface area (Å²) in [6.45, 7) is 12.8. The van der Waals surface area contributed by atoms with E-state index in [0.717, 1.165) is 25.0 Å². The molecule has 1 aliphatic heterocycles. The molecule has 1 saturated heterocycles. The zero-order chi connectivity index (χ0) is 12.7. The fraction of sp³-hybridized carbons (Fsp3) is 1.00. The topological polar surface area (TPSA) is 9.23 Å². The van der Waals surface area contributed by atoms with Gasteiger partial charge in [-0.1, -0.05) is 40.0 Å². The average Bonchev–Trinajstić information content (AvgIpc) is 2.34. The first-order valence-corrected chi connectivity index (χ1v) is 7.47. The van der Waals surface area contributed by atoms with E-state index in [1.54, 1.807) is 0 Å². The van der Waals surface area contributed by atoms with Gasteiger partial charge in [-0.05, 0) is 18.3 Å². The van der Waals surface area contributed by atoms with Crippen molar-refractivity contribution in [2.45, 2.75) is 46.5 Å². The maximum absolute atomic E-state index is 5.45. The summed E-state index contributed by atoms with van der Waals surface area (Å²) in [5.74, 6) is 1.80. The zero-order valence-corrected chi connectivity index (χ0v) is 12.4. The van der Waals surface area contributed by atoms with Gasteiger partial charge in [-0.25, -0.2) is 0 Å². The van der Waals surface area contributed by atoms with Crippen LogP contribution in [0, 0.1) is 11.8 Å². The van der Waals surface area contributed by atoms with Crippen LogP contribution in [0.3, 0.4) is 0 Å². The van der Waals surface area contributed by atoms with Crippen molar-refractivity contribution >= 4 is 0 Å². The van der Waals surface area contributed by atoms with E-state index in [0.29, 0.717) is 0 Å². The van der Waals surface area contributed by atoms with Crippen LogP contribution >= 0.6 is 0 Å². The maximum Gasteiger partial charge on any atom is 0.102 e. The van der Waals surface area contributed by atoms with Crippen LogP contribution in [-0.4, -0.2) is 44.4 Å². The van der Waals surface area contributed by atoms with E-state index in [4.69, 9.17) is 4.74 Å². The van der Waals surface area contributed by atoms with E-state index < -0.39 is 0 Å². The maximum atomic E-state index is 5.45. The van der Waals surface area contributed by atoms with Crippen LogP contribution in [0.5, 0.6) is 0 Å². The Morgan fingerprint density at radius 1 is 1.00 bits per heavy atom. The van der Waals surface area contributed by atoms with Gasteiger partial charge in [-0.3, -0.25) is 0 Å². The molecule has 0 N–H and O–H groups in total. The zero-order valence-electron chi connectivity index (χ0n) is 12.4. The van der Waals surface area contributed by atoms with Crippen molar-refractivity contribution in [2.24, 2.45) is 11.8 Å². The number of likely N-dealkylation sites (N-methyl/N-ethyl adjacent to an activating group) is 1. The predicted molar refractivity (Wildman–Crippen MR) is 74.1 cm³/mol. The Kier molecular flexibility index (Phi) is 6.50. The van der Waals surface area contributed by atoms with Gasteiger partial charge >= 0.3 is 0 Å². The fourth-order valence-electron chi connectivity index (χ4n) is 2.46. The van der Waals surface area contributed by atoms with Crippen LogP contribution in [0.4, 0.5) is 0 Å². The number of ether oxygens (including phenoxy) is 1. The first-order chi connectivity index (χ1) is 8.06. The lowest BCUT2D eigenvalue weighted by molar-refractivity contribution is -0.917. The molecule has 2 heteroatoms. The number of hydrogen-bond acceptors (Lipinski definition) is 1. The quantitative estimate of drug-likeness (QED) is 0.622. The van der Waals surface area contributed by atoms with Gasteiger partial charge in [0.25, 0.3) is 0 Å². The molecule has 0 aromatic heterocycles. The van der Waals surface area contributed by atoms with Crippen molar-refractivity contribution in [1.82, 2.24) is 0 Å². The Morgan fingerprint density at radius 3 is 2.18 bits per heavy atom. The van der Waals surface area contributed by atoms with E-state index in [9.17, 15) is 0 Å². The SMILES string of the molecule is CCC(C)CCC(C)CC[N+]1(C)CCOCC1. The summed E-state index contributed by atoms with van der Waals surface area (Å²) in [5.41, 5.74) is 0. The molecule has 1 fully saturated rings. The standard InChI is InChI=1S/C15H32NO/c1-5-14(2)6-7-15(3)8-9-16(4)10-12-17-13-11-16/h14-15H,5-13H2,1-4H3/q+1. The van der Waals surface area contributed by atoms with Crippen LogP contribution in [-0.2, 0) is 4.74 Å². The lowest BCUT2D eigenvalue weighted by atomic mass is 9.94. The van der Waals surface area contributed by atoms with Gasteiger partial charge in [0.05, 0.1) is 26.8 Å². The number of rotatable bonds is 7. The lowest BCUT2D eigenvalue weighted by Crippen LogP contribution is -2.52. The molecular weight excluding hydrogens is 210 g/mol. The summed E-state index contributed by atoms with van der Waals surface area (Å²) < 4.78 is 6.68. The van der Waals surface area contributed by atoms with Crippen molar-refractivity contribution in [2.75, 3.05) is 39.9 Å². The van der Waals surface area contributed by atoms with Crippen LogP contribution in [0.1, 0.15) is 46.5 Å². The minimum atomic E-state index is 0.891. The smallest absolute Gasteiger partial charge is 0.102 e. The van der Waals surface area contributed by atoms with E-state index in [2.05, 4.69) is 27.8 Å². The monoisotopic (exact) mass is 242 g/mol. The second kappa shape index (κ2) is 7.38. The molecule has 1 aliphatic rings. The van der Waals surface area contributed by atoms with Gasteiger partial charge in [0.2, 0.25) is 0 Å². The molecule has 17 heavy (non-hydrogen) atoms. The number of quaternary nitrogens is 1. The Morgan fingerprint density at radius 2 is 1.59 bits per heavy atom. The Labute approximate surface area is 108 Å². The third-order valence-corrected chi connectivity index (χ3v) is 4.56. The van der Waals surface area contributed by atoms with Crippen molar-refractivity contribution < 1.29 is 9.22 Å². The highest BCUT2D eigenvalue weighted by atomic mass is 16.5. The van der Waals surface area contributed by atoms with Crippen LogP contribution in [0.15, 0.2) is 0 Å². The van der Waals surface area contributed by atoms with E-state index >= 15 is 0 Å². The molecule has 0 amide bonds.